The first-order valence-corrected chi connectivity index (χ1v) is 6.03. The Balaban J connectivity index is 2.44. The molecule has 0 spiro atoms. The Hall–Kier alpha value is -2.01. The normalized spacial score (nSPS) is 28.7. The molecule has 0 aliphatic carbocycles. The van der Waals surface area contributed by atoms with Gasteiger partial charge in [0.15, 0.2) is 6.23 Å². The van der Waals surface area contributed by atoms with E-state index in [0.29, 0.717) is 4.57 Å². The van der Waals surface area contributed by atoms with Crippen molar-refractivity contribution in [2.24, 2.45) is 0 Å². The topological polar surface area (TPSA) is 151 Å². The molecule has 4 N–H and O–H groups in total. The highest BCUT2D eigenvalue weighted by Crippen LogP contribution is 2.27. The number of hydrogen-bond donors (Lipinski definition) is 4. The molecular weight excluding hydrogens is 288 g/mol. The monoisotopic (exact) mass is 302 g/mol. The van der Waals surface area contributed by atoms with E-state index in [-0.39, 0.29) is 0 Å². The number of rotatable bonds is 4. The van der Waals surface area contributed by atoms with Crippen molar-refractivity contribution < 1.29 is 30.0 Å². The number of carboxylic acids is 1. The van der Waals surface area contributed by atoms with Crippen LogP contribution < -0.4 is 11.2 Å². The number of hydrogen-bond acceptors (Lipinski definition) is 7. The second-order valence-corrected chi connectivity index (χ2v) is 4.55. The lowest BCUT2D eigenvalue weighted by Gasteiger charge is -2.18. The Morgan fingerprint density at radius 1 is 1.29 bits per heavy atom. The van der Waals surface area contributed by atoms with Crippen LogP contribution in [0.25, 0.3) is 0 Å². The number of carbonyl (C=O) groups is 1. The van der Waals surface area contributed by atoms with Gasteiger partial charge in [0.1, 0.15) is 24.9 Å². The van der Waals surface area contributed by atoms with E-state index in [1.54, 1.807) is 0 Å². The first kappa shape index (κ1) is 15.4. The van der Waals surface area contributed by atoms with Crippen molar-refractivity contribution in [3.63, 3.8) is 0 Å². The molecule has 1 saturated heterocycles. The Morgan fingerprint density at radius 3 is 2.48 bits per heavy atom. The van der Waals surface area contributed by atoms with Crippen LogP contribution in [0.5, 0.6) is 0 Å². The molecule has 0 aromatic carbocycles. The molecule has 2 heterocycles. The maximum atomic E-state index is 12.1. The number of nitrogens with zero attached hydrogens (tertiary/aromatic N) is 2. The summed E-state index contributed by atoms with van der Waals surface area (Å²) in [6.07, 6.45) is -4.30. The molecule has 1 aliphatic heterocycles. The van der Waals surface area contributed by atoms with E-state index in [4.69, 9.17) is 14.9 Å². The van der Waals surface area contributed by atoms with Gasteiger partial charge in [-0.2, -0.15) is 0 Å². The molecule has 0 unspecified atom stereocenters. The molecule has 4 atom stereocenters. The largest absolute Gasteiger partial charge is 0.480 e. The summed E-state index contributed by atoms with van der Waals surface area (Å²) in [7, 11) is 0. The van der Waals surface area contributed by atoms with Gasteiger partial charge in [0, 0.05) is 12.3 Å². The third-order valence-electron chi connectivity index (χ3n) is 3.18. The lowest BCUT2D eigenvalue weighted by atomic mass is 10.1. The number of ether oxygens (including phenoxy) is 1. The van der Waals surface area contributed by atoms with Crippen molar-refractivity contribution in [2.75, 3.05) is 6.61 Å². The summed E-state index contributed by atoms with van der Waals surface area (Å²) in [5, 5.41) is 37.1. The van der Waals surface area contributed by atoms with Gasteiger partial charge in [-0.05, 0) is 0 Å². The van der Waals surface area contributed by atoms with Gasteiger partial charge in [0.25, 0.3) is 5.56 Å². The van der Waals surface area contributed by atoms with E-state index in [1.807, 2.05) is 0 Å². The van der Waals surface area contributed by atoms with Crippen molar-refractivity contribution in [3.05, 3.63) is 33.1 Å². The first-order chi connectivity index (χ1) is 9.86. The smallest absolute Gasteiger partial charge is 0.333 e. The SMILES string of the molecule is O=C(O)Cn1c(=O)ccn([C@@H]2O[C@H](CO)[C@@H](O)[C@H]2O)c1=O. The fourth-order valence-corrected chi connectivity index (χ4v) is 2.12. The molecule has 10 heteroatoms. The molecular formula is C11H14N2O8. The first-order valence-electron chi connectivity index (χ1n) is 6.03. The summed E-state index contributed by atoms with van der Waals surface area (Å²) in [4.78, 5) is 34.2. The van der Waals surface area contributed by atoms with E-state index < -0.39 is 54.9 Å². The molecule has 2 rings (SSSR count). The highest BCUT2D eigenvalue weighted by Gasteiger charge is 2.43. The molecule has 1 fully saturated rings. The number of aliphatic hydroxyl groups is 3. The minimum atomic E-state index is -1.50. The summed E-state index contributed by atoms with van der Waals surface area (Å²) in [6.45, 7) is -1.41. The van der Waals surface area contributed by atoms with Crippen molar-refractivity contribution in [1.82, 2.24) is 9.13 Å². The Kier molecular flexibility index (Phi) is 4.23. The molecule has 0 radical (unpaired) electrons. The van der Waals surface area contributed by atoms with E-state index in [2.05, 4.69) is 0 Å². The second kappa shape index (κ2) is 5.77. The molecule has 10 nitrogen and oxygen atoms in total. The van der Waals surface area contributed by atoms with Gasteiger partial charge in [-0.25, -0.2) is 9.36 Å². The van der Waals surface area contributed by atoms with E-state index >= 15 is 0 Å². The molecule has 0 amide bonds. The minimum Gasteiger partial charge on any atom is -0.480 e. The van der Waals surface area contributed by atoms with Crippen molar-refractivity contribution in [1.29, 1.82) is 0 Å². The summed E-state index contributed by atoms with van der Waals surface area (Å²) in [5.41, 5.74) is -1.81. The average molecular weight is 302 g/mol. The van der Waals surface area contributed by atoms with Gasteiger partial charge >= 0.3 is 11.7 Å². The predicted octanol–water partition coefficient (Wildman–Crippen LogP) is -3.29. The summed E-state index contributed by atoms with van der Waals surface area (Å²) in [5.74, 6) is -1.38. The van der Waals surface area contributed by atoms with Crippen LogP contribution in [0.1, 0.15) is 6.23 Å². The highest BCUT2D eigenvalue weighted by molar-refractivity contribution is 5.66. The Morgan fingerprint density at radius 2 is 1.95 bits per heavy atom. The van der Waals surface area contributed by atoms with Crippen LogP contribution in [0.15, 0.2) is 21.9 Å². The van der Waals surface area contributed by atoms with Gasteiger partial charge in [-0.1, -0.05) is 0 Å². The van der Waals surface area contributed by atoms with Crippen molar-refractivity contribution in [3.8, 4) is 0 Å². The van der Waals surface area contributed by atoms with Crippen LogP contribution in [0.2, 0.25) is 0 Å². The fourth-order valence-electron chi connectivity index (χ4n) is 2.12. The molecule has 1 aliphatic rings. The molecule has 0 bridgehead atoms. The zero-order valence-electron chi connectivity index (χ0n) is 10.7. The van der Waals surface area contributed by atoms with E-state index in [0.717, 1.165) is 16.8 Å². The predicted molar refractivity (Wildman–Crippen MR) is 65.6 cm³/mol. The minimum absolute atomic E-state index is 0.455. The summed E-state index contributed by atoms with van der Waals surface area (Å²) in [6, 6.07) is 0.944. The third-order valence-corrected chi connectivity index (χ3v) is 3.18. The van der Waals surface area contributed by atoms with Crippen LogP contribution in [-0.4, -0.2) is 60.4 Å². The number of aromatic nitrogens is 2. The molecule has 1 aromatic rings. The number of aliphatic carboxylic acids is 1. The van der Waals surface area contributed by atoms with Gasteiger partial charge in [-0.3, -0.25) is 14.2 Å². The Bertz CT molecular complexity index is 650. The van der Waals surface area contributed by atoms with Crippen molar-refractivity contribution in [2.45, 2.75) is 31.1 Å². The third kappa shape index (κ3) is 2.74. The molecule has 21 heavy (non-hydrogen) atoms. The number of carboxylic acid groups (broad SMARTS) is 1. The van der Waals surface area contributed by atoms with Crippen LogP contribution in [0.3, 0.4) is 0 Å². The van der Waals surface area contributed by atoms with Crippen molar-refractivity contribution >= 4 is 5.97 Å². The van der Waals surface area contributed by atoms with Gasteiger partial charge < -0.3 is 25.2 Å². The van der Waals surface area contributed by atoms with Crippen LogP contribution >= 0.6 is 0 Å². The maximum Gasteiger partial charge on any atom is 0.333 e. The van der Waals surface area contributed by atoms with Crippen LogP contribution in [0, 0.1) is 0 Å². The fraction of sp³-hybridized carbons (Fsp3) is 0.545. The highest BCUT2D eigenvalue weighted by atomic mass is 16.6. The quantitative estimate of drug-likeness (QED) is 0.451. The van der Waals surface area contributed by atoms with Gasteiger partial charge in [0.05, 0.1) is 6.61 Å². The molecule has 116 valence electrons. The zero-order valence-corrected chi connectivity index (χ0v) is 10.7. The van der Waals surface area contributed by atoms with E-state index in [1.165, 1.54) is 0 Å². The number of aliphatic hydroxyl groups excluding tert-OH is 3. The molecule has 0 saturated carbocycles. The zero-order chi connectivity index (χ0) is 15.7. The summed E-state index contributed by atoms with van der Waals surface area (Å²) >= 11 is 0. The summed E-state index contributed by atoms with van der Waals surface area (Å²) < 4.78 is 6.41. The van der Waals surface area contributed by atoms with Crippen LogP contribution in [-0.2, 0) is 16.1 Å². The van der Waals surface area contributed by atoms with E-state index in [9.17, 15) is 24.6 Å². The van der Waals surface area contributed by atoms with Gasteiger partial charge in [-0.15, -0.1) is 0 Å². The lowest BCUT2D eigenvalue weighted by molar-refractivity contribution is -0.137. The standard InChI is InChI=1S/C11H14N2O8/c14-4-5-8(18)9(19)10(21-5)12-2-1-6(15)13(11(12)20)3-7(16)17/h1-2,5,8-10,14,18-19H,3-4H2,(H,16,17)/t5-,8-,9-,10-/m1/s1. The van der Waals surface area contributed by atoms with Crippen LogP contribution in [0.4, 0.5) is 0 Å². The second-order valence-electron chi connectivity index (χ2n) is 4.55. The maximum absolute atomic E-state index is 12.1. The average Bonchev–Trinajstić information content (AvgIpc) is 2.71. The lowest BCUT2D eigenvalue weighted by Crippen LogP contribution is -2.44. The Labute approximate surface area is 117 Å². The van der Waals surface area contributed by atoms with Gasteiger partial charge in [0.2, 0.25) is 0 Å². The molecule has 1 aromatic heterocycles.